The van der Waals surface area contributed by atoms with Crippen molar-refractivity contribution in [3.05, 3.63) is 141 Å². The highest BCUT2D eigenvalue weighted by Crippen LogP contribution is 2.35. The molecule has 6 rings (SSSR count). The number of aromatic nitrogens is 1. The van der Waals surface area contributed by atoms with E-state index in [0.29, 0.717) is 19.1 Å². The lowest BCUT2D eigenvalue weighted by Gasteiger charge is -2.44. The van der Waals surface area contributed by atoms with E-state index >= 15 is 0 Å². The third kappa shape index (κ3) is 5.42. The zero-order chi connectivity index (χ0) is 28.2. The first kappa shape index (κ1) is 26.6. The van der Waals surface area contributed by atoms with E-state index in [1.807, 2.05) is 58.1 Å². The van der Waals surface area contributed by atoms with E-state index in [1.54, 1.807) is 6.20 Å². The van der Waals surface area contributed by atoms with Crippen LogP contribution < -0.4 is 15.2 Å². The Morgan fingerprint density at radius 3 is 2.39 bits per heavy atom. The maximum absolute atomic E-state index is 14.2. The van der Waals surface area contributed by atoms with Crippen LogP contribution in [0.5, 0.6) is 5.75 Å². The summed E-state index contributed by atoms with van der Waals surface area (Å²) in [6.07, 6.45) is 9.24. The van der Waals surface area contributed by atoms with E-state index in [9.17, 15) is 9.59 Å². The first-order valence-electron chi connectivity index (χ1n) is 14.4. The number of allylic oxidation sites excluding steroid dienone is 1. The number of fused-ring (bicyclic) bond motifs is 5. The molecule has 1 aromatic heterocycles. The summed E-state index contributed by atoms with van der Waals surface area (Å²) < 4.78 is 8.01. The van der Waals surface area contributed by atoms with Gasteiger partial charge in [-0.2, -0.15) is 0 Å². The SMILES string of the molecule is CCCC1/C=C\c2ccccc2C(c2ccccc2)N2CN(CC1)C(=O)c1c(OCc3ccccc3)c(=O)ccn12. The van der Waals surface area contributed by atoms with Crippen molar-refractivity contribution in [2.45, 2.75) is 38.8 Å². The third-order valence-corrected chi connectivity index (χ3v) is 8.02. The Hall–Kier alpha value is -4.58. The molecule has 0 fully saturated rings. The van der Waals surface area contributed by atoms with Gasteiger partial charge in [0.1, 0.15) is 13.3 Å². The average Bonchev–Trinajstić information content (AvgIpc) is 3.03. The fourth-order valence-corrected chi connectivity index (χ4v) is 5.95. The Morgan fingerprint density at radius 1 is 0.878 bits per heavy atom. The van der Waals surface area contributed by atoms with Gasteiger partial charge in [0, 0.05) is 18.8 Å². The van der Waals surface area contributed by atoms with Gasteiger partial charge >= 0.3 is 0 Å². The maximum atomic E-state index is 14.2. The van der Waals surface area contributed by atoms with Gasteiger partial charge in [0.05, 0.1) is 6.04 Å². The highest BCUT2D eigenvalue weighted by atomic mass is 16.5. The zero-order valence-corrected chi connectivity index (χ0v) is 23.4. The summed E-state index contributed by atoms with van der Waals surface area (Å²) in [5.74, 6) is 0.256. The Morgan fingerprint density at radius 2 is 1.61 bits per heavy atom. The molecule has 3 aromatic carbocycles. The smallest absolute Gasteiger partial charge is 0.277 e. The summed E-state index contributed by atoms with van der Waals surface area (Å²) in [6, 6.07) is 29.8. The molecule has 0 radical (unpaired) electrons. The highest BCUT2D eigenvalue weighted by Gasteiger charge is 2.37. The lowest BCUT2D eigenvalue weighted by atomic mass is 9.92. The second-order valence-corrected chi connectivity index (χ2v) is 10.8. The van der Waals surface area contributed by atoms with Crippen LogP contribution in [0.1, 0.15) is 65.0 Å². The van der Waals surface area contributed by atoms with Crippen molar-refractivity contribution in [1.82, 2.24) is 9.58 Å². The van der Waals surface area contributed by atoms with E-state index in [0.717, 1.165) is 41.5 Å². The molecule has 208 valence electrons. The summed E-state index contributed by atoms with van der Waals surface area (Å²) in [5, 5.41) is 2.19. The van der Waals surface area contributed by atoms with Crippen molar-refractivity contribution in [2.24, 2.45) is 5.92 Å². The normalized spacial score (nSPS) is 19.1. The van der Waals surface area contributed by atoms with Crippen LogP contribution in [0.4, 0.5) is 0 Å². The largest absolute Gasteiger partial charge is 0.482 e. The topological polar surface area (TPSA) is 54.8 Å². The number of carbonyl (C=O) groups is 1. The highest BCUT2D eigenvalue weighted by molar-refractivity contribution is 5.96. The van der Waals surface area contributed by atoms with Crippen molar-refractivity contribution in [3.8, 4) is 5.75 Å². The molecule has 0 saturated heterocycles. The van der Waals surface area contributed by atoms with Crippen LogP contribution in [-0.2, 0) is 6.61 Å². The van der Waals surface area contributed by atoms with Gasteiger partial charge in [-0.3, -0.25) is 19.3 Å². The molecular weight excluding hydrogens is 510 g/mol. The lowest BCUT2D eigenvalue weighted by Crippen LogP contribution is -2.56. The van der Waals surface area contributed by atoms with Gasteiger partial charge < -0.3 is 9.64 Å². The molecule has 41 heavy (non-hydrogen) atoms. The molecule has 6 nitrogen and oxygen atoms in total. The van der Waals surface area contributed by atoms with Crippen LogP contribution in [0.3, 0.4) is 0 Å². The lowest BCUT2D eigenvalue weighted by molar-refractivity contribution is 0.0668. The van der Waals surface area contributed by atoms with Gasteiger partial charge in [-0.15, -0.1) is 0 Å². The second kappa shape index (κ2) is 11.9. The minimum absolute atomic E-state index is 0.0919. The van der Waals surface area contributed by atoms with Crippen LogP contribution in [0.15, 0.2) is 108 Å². The minimum Gasteiger partial charge on any atom is -0.482 e. The summed E-state index contributed by atoms with van der Waals surface area (Å²) in [4.78, 5) is 29.3. The minimum atomic E-state index is -0.297. The summed E-state index contributed by atoms with van der Waals surface area (Å²) in [6.45, 7) is 3.38. The van der Waals surface area contributed by atoms with Gasteiger partial charge in [-0.25, -0.2) is 0 Å². The predicted octanol–water partition coefficient (Wildman–Crippen LogP) is 6.40. The van der Waals surface area contributed by atoms with Crippen LogP contribution >= 0.6 is 0 Å². The molecule has 2 unspecified atom stereocenters. The fourth-order valence-electron chi connectivity index (χ4n) is 5.95. The number of carbonyl (C=O) groups excluding carboxylic acids is 1. The summed E-state index contributed by atoms with van der Waals surface area (Å²) in [5.41, 5.74) is 4.30. The van der Waals surface area contributed by atoms with Crippen molar-refractivity contribution in [3.63, 3.8) is 0 Å². The van der Waals surface area contributed by atoms with Crippen molar-refractivity contribution >= 4 is 12.0 Å². The standard InChI is InChI=1S/C35H35N3O3/c1-2-11-26-18-19-28-14-9-10-17-30(28)32(29-15-7-4-8-16-29)38-25-36(22-20-26)35(40)33-34(31(39)21-23-37(33)38)41-24-27-12-5-3-6-13-27/h3-10,12-19,21,23,26,32H,2,11,20,22,24-25H2,1H3/b19-18-. The molecular formula is C35H35N3O3. The molecule has 4 aromatic rings. The number of pyridine rings is 1. The number of ether oxygens (including phenoxy) is 1. The summed E-state index contributed by atoms with van der Waals surface area (Å²) >= 11 is 0. The molecule has 2 aliphatic heterocycles. The molecule has 0 N–H and O–H groups in total. The van der Waals surface area contributed by atoms with Crippen molar-refractivity contribution in [2.75, 3.05) is 18.2 Å². The number of amides is 1. The maximum Gasteiger partial charge on any atom is 0.277 e. The van der Waals surface area contributed by atoms with Gasteiger partial charge in [-0.05, 0) is 41.0 Å². The van der Waals surface area contributed by atoms with Gasteiger partial charge in [-0.1, -0.05) is 110 Å². The second-order valence-electron chi connectivity index (χ2n) is 10.8. The number of nitrogens with zero attached hydrogens (tertiary/aromatic N) is 3. The van der Waals surface area contributed by atoms with Crippen LogP contribution in [0.2, 0.25) is 0 Å². The first-order chi connectivity index (χ1) is 20.1. The average molecular weight is 546 g/mol. The quantitative estimate of drug-likeness (QED) is 0.281. The first-order valence-corrected chi connectivity index (χ1v) is 14.4. The number of benzene rings is 3. The predicted molar refractivity (Wildman–Crippen MR) is 162 cm³/mol. The number of hydrogen-bond acceptors (Lipinski definition) is 4. The number of hydrogen-bond donors (Lipinski definition) is 0. The Kier molecular flexibility index (Phi) is 7.72. The van der Waals surface area contributed by atoms with Gasteiger partial charge in [0.15, 0.2) is 11.4 Å². The molecule has 2 atom stereocenters. The van der Waals surface area contributed by atoms with Crippen molar-refractivity contribution in [1.29, 1.82) is 0 Å². The fraction of sp³-hybridized carbons (Fsp3) is 0.257. The molecule has 0 spiro atoms. The van der Waals surface area contributed by atoms with Crippen LogP contribution in [0.25, 0.3) is 6.08 Å². The third-order valence-electron chi connectivity index (χ3n) is 8.02. The van der Waals surface area contributed by atoms with E-state index in [4.69, 9.17) is 4.74 Å². The molecule has 6 heteroatoms. The zero-order valence-electron chi connectivity index (χ0n) is 23.4. The van der Waals surface area contributed by atoms with Crippen LogP contribution in [0, 0.1) is 5.92 Å². The molecule has 2 aliphatic rings. The monoisotopic (exact) mass is 545 g/mol. The van der Waals surface area contributed by atoms with Crippen molar-refractivity contribution < 1.29 is 9.53 Å². The molecule has 1 amide bonds. The molecule has 3 heterocycles. The van der Waals surface area contributed by atoms with E-state index in [2.05, 4.69) is 60.5 Å². The van der Waals surface area contributed by atoms with E-state index < -0.39 is 0 Å². The van der Waals surface area contributed by atoms with E-state index in [-0.39, 0.29) is 35.4 Å². The number of rotatable bonds is 6. The molecule has 0 aliphatic carbocycles. The Labute approximate surface area is 241 Å². The van der Waals surface area contributed by atoms with Gasteiger partial charge in [0.2, 0.25) is 5.43 Å². The summed E-state index contributed by atoms with van der Waals surface area (Å²) in [7, 11) is 0. The van der Waals surface area contributed by atoms with Gasteiger partial charge in [0.25, 0.3) is 5.91 Å². The Bertz CT molecular complexity index is 1600. The van der Waals surface area contributed by atoms with E-state index in [1.165, 1.54) is 6.07 Å². The molecule has 0 saturated carbocycles. The van der Waals surface area contributed by atoms with Crippen LogP contribution in [-0.4, -0.2) is 28.7 Å². The molecule has 2 bridgehead atoms. The Balaban J connectivity index is 1.54.